The molecule has 1 aliphatic heterocycles. The summed E-state index contributed by atoms with van der Waals surface area (Å²) >= 11 is 0. The zero-order valence-electron chi connectivity index (χ0n) is 19.2. The molecule has 4 N–H and O–H groups in total. The lowest BCUT2D eigenvalue weighted by atomic mass is 9.79. The van der Waals surface area contributed by atoms with Crippen molar-refractivity contribution in [1.29, 1.82) is 0 Å². The van der Waals surface area contributed by atoms with Crippen LogP contribution in [-0.4, -0.2) is 39.9 Å². The molecule has 2 amide bonds. The van der Waals surface area contributed by atoms with Crippen molar-refractivity contribution in [3.63, 3.8) is 0 Å². The predicted octanol–water partition coefficient (Wildman–Crippen LogP) is 4.82. The number of aliphatic carboxylic acids is 1. The number of nitrogens with one attached hydrogen (secondary N) is 2. The molecule has 0 saturated heterocycles. The number of para-hydroxylation sites is 1. The average molecular weight is 470 g/mol. The highest BCUT2D eigenvalue weighted by atomic mass is 19.1. The first-order valence-electron chi connectivity index (χ1n) is 12.0. The molecule has 1 atom stereocenters. The fourth-order valence-electron chi connectivity index (χ4n) is 5.12. The van der Waals surface area contributed by atoms with Gasteiger partial charge in [-0.1, -0.05) is 31.0 Å². The minimum absolute atomic E-state index is 0.123. The molecule has 1 fully saturated rings. The largest absolute Gasteiger partial charge is 0.481 e. The van der Waals surface area contributed by atoms with E-state index in [-0.39, 0.29) is 18.0 Å². The lowest BCUT2D eigenvalue weighted by molar-refractivity contribution is -0.138. The first kappa shape index (κ1) is 24.2. The van der Waals surface area contributed by atoms with Gasteiger partial charge in [0.2, 0.25) is 0 Å². The molecule has 34 heavy (non-hydrogen) atoms. The molecule has 1 heterocycles. The van der Waals surface area contributed by atoms with E-state index in [1.807, 2.05) is 18.2 Å². The number of carbonyl (C=O) groups is 2. The third-order valence-electron chi connectivity index (χ3n) is 7.02. The topological polar surface area (TPSA) is 102 Å². The van der Waals surface area contributed by atoms with E-state index in [9.17, 15) is 19.1 Å². The number of hydrogen-bond acceptors (Lipinski definition) is 4. The summed E-state index contributed by atoms with van der Waals surface area (Å²) in [6.07, 6.45) is 5.01. The van der Waals surface area contributed by atoms with Gasteiger partial charge >= 0.3 is 12.0 Å². The molecule has 2 aromatic carbocycles. The van der Waals surface area contributed by atoms with Gasteiger partial charge in [-0.2, -0.15) is 0 Å². The molecule has 0 aromatic heterocycles. The molecule has 182 valence electrons. The SMILES string of the molecule is O=C(O)CC1CCC(CC(O)N2CCc3cc(NC(=O)Nc4ccccc4F)ccc3C2)CC1. The Morgan fingerprint density at radius 2 is 1.76 bits per heavy atom. The fraction of sp³-hybridized carbons (Fsp3) is 0.462. The van der Waals surface area contributed by atoms with E-state index in [1.165, 1.54) is 12.1 Å². The average Bonchev–Trinajstić information content (AvgIpc) is 2.81. The Labute approximate surface area is 199 Å². The molecule has 0 spiro atoms. The molecule has 1 unspecified atom stereocenters. The lowest BCUT2D eigenvalue weighted by Gasteiger charge is -2.36. The second-order valence-electron chi connectivity index (χ2n) is 9.46. The number of benzene rings is 2. The van der Waals surface area contributed by atoms with Crippen molar-refractivity contribution in [3.8, 4) is 0 Å². The minimum Gasteiger partial charge on any atom is -0.481 e. The number of nitrogens with zero attached hydrogens (tertiary/aromatic N) is 1. The second-order valence-corrected chi connectivity index (χ2v) is 9.46. The van der Waals surface area contributed by atoms with Gasteiger partial charge in [-0.15, -0.1) is 0 Å². The van der Waals surface area contributed by atoms with E-state index in [0.717, 1.165) is 49.8 Å². The van der Waals surface area contributed by atoms with E-state index in [0.29, 0.717) is 24.6 Å². The number of carbonyl (C=O) groups excluding carboxylic acids is 1. The van der Waals surface area contributed by atoms with Crippen molar-refractivity contribution in [2.45, 2.75) is 57.7 Å². The van der Waals surface area contributed by atoms with Gasteiger partial charge in [0.15, 0.2) is 0 Å². The van der Waals surface area contributed by atoms with Gasteiger partial charge in [0.1, 0.15) is 12.0 Å². The van der Waals surface area contributed by atoms with Gasteiger partial charge in [-0.3, -0.25) is 9.69 Å². The number of carboxylic acid groups (broad SMARTS) is 1. The highest BCUT2D eigenvalue weighted by molar-refractivity contribution is 5.99. The van der Waals surface area contributed by atoms with E-state index in [2.05, 4.69) is 15.5 Å². The van der Waals surface area contributed by atoms with Crippen LogP contribution >= 0.6 is 0 Å². The predicted molar refractivity (Wildman–Crippen MR) is 128 cm³/mol. The summed E-state index contributed by atoms with van der Waals surface area (Å²) in [7, 11) is 0. The Morgan fingerprint density at radius 1 is 1.03 bits per heavy atom. The van der Waals surface area contributed by atoms with Crippen molar-refractivity contribution in [2.24, 2.45) is 11.8 Å². The number of anilines is 2. The summed E-state index contributed by atoms with van der Waals surface area (Å²) in [5.41, 5.74) is 3.01. The number of amides is 2. The van der Waals surface area contributed by atoms with Gasteiger partial charge in [-0.25, -0.2) is 9.18 Å². The van der Waals surface area contributed by atoms with Crippen LogP contribution < -0.4 is 10.6 Å². The third-order valence-corrected chi connectivity index (χ3v) is 7.02. The fourth-order valence-corrected chi connectivity index (χ4v) is 5.12. The van der Waals surface area contributed by atoms with Crippen LogP contribution in [0.25, 0.3) is 0 Å². The molecular weight excluding hydrogens is 437 g/mol. The summed E-state index contributed by atoms with van der Waals surface area (Å²) in [6.45, 7) is 1.37. The number of halogens is 1. The van der Waals surface area contributed by atoms with Gasteiger partial charge in [-0.05, 0) is 72.9 Å². The lowest BCUT2D eigenvalue weighted by Crippen LogP contribution is -2.40. The number of aliphatic hydroxyl groups is 1. The Kier molecular flexibility index (Phi) is 7.80. The number of fused-ring (bicyclic) bond motifs is 1. The quantitative estimate of drug-likeness (QED) is 0.466. The van der Waals surface area contributed by atoms with Crippen LogP contribution in [-0.2, 0) is 17.8 Å². The standard InChI is InChI=1S/C26H32FN3O4/c27-22-3-1-2-4-23(22)29-26(34)28-21-10-9-20-16-30(12-11-19(20)15-21)24(31)13-17-5-7-18(8-6-17)14-25(32)33/h1-4,9-10,15,17-18,24,31H,5-8,11-14,16H2,(H,32,33)(H2,28,29,34). The Morgan fingerprint density at radius 3 is 2.50 bits per heavy atom. The van der Waals surface area contributed by atoms with Crippen LogP contribution in [0.2, 0.25) is 0 Å². The Bertz CT molecular complexity index is 1020. The van der Waals surface area contributed by atoms with Gasteiger partial charge in [0, 0.05) is 25.2 Å². The van der Waals surface area contributed by atoms with Gasteiger partial charge in [0.25, 0.3) is 0 Å². The maximum atomic E-state index is 13.7. The van der Waals surface area contributed by atoms with Crippen molar-refractivity contribution in [3.05, 3.63) is 59.4 Å². The smallest absolute Gasteiger partial charge is 0.323 e. The molecule has 1 saturated carbocycles. The molecular formula is C26H32FN3O4. The molecule has 0 bridgehead atoms. The number of urea groups is 1. The van der Waals surface area contributed by atoms with Crippen LogP contribution in [0.5, 0.6) is 0 Å². The maximum Gasteiger partial charge on any atom is 0.323 e. The van der Waals surface area contributed by atoms with Gasteiger partial charge < -0.3 is 20.8 Å². The molecule has 2 aliphatic rings. The number of hydrogen-bond donors (Lipinski definition) is 4. The molecule has 8 heteroatoms. The Balaban J connectivity index is 1.27. The zero-order valence-corrected chi connectivity index (χ0v) is 19.2. The molecule has 2 aromatic rings. The van der Waals surface area contributed by atoms with Crippen molar-refractivity contribution in [2.75, 3.05) is 17.2 Å². The first-order valence-corrected chi connectivity index (χ1v) is 12.0. The van der Waals surface area contributed by atoms with E-state index in [4.69, 9.17) is 5.11 Å². The normalized spacial score (nSPS) is 21.4. The monoisotopic (exact) mass is 469 g/mol. The van der Waals surface area contributed by atoms with Crippen molar-refractivity contribution < 1.29 is 24.2 Å². The van der Waals surface area contributed by atoms with Gasteiger partial charge in [0.05, 0.1) is 5.69 Å². The minimum atomic E-state index is -0.723. The number of aliphatic hydroxyl groups excluding tert-OH is 1. The van der Waals surface area contributed by atoms with Crippen LogP contribution in [0.4, 0.5) is 20.6 Å². The molecule has 7 nitrogen and oxygen atoms in total. The van der Waals surface area contributed by atoms with E-state index in [1.54, 1.807) is 12.1 Å². The highest BCUT2D eigenvalue weighted by Gasteiger charge is 2.28. The summed E-state index contributed by atoms with van der Waals surface area (Å²) in [5, 5.41) is 25.1. The van der Waals surface area contributed by atoms with E-state index < -0.39 is 24.0 Å². The van der Waals surface area contributed by atoms with Crippen LogP contribution in [0, 0.1) is 17.7 Å². The zero-order chi connectivity index (χ0) is 24.1. The molecule has 1 aliphatic carbocycles. The highest BCUT2D eigenvalue weighted by Crippen LogP contribution is 2.34. The van der Waals surface area contributed by atoms with E-state index >= 15 is 0 Å². The molecule has 0 radical (unpaired) electrons. The Hall–Kier alpha value is -2.97. The first-order chi connectivity index (χ1) is 16.4. The molecule has 4 rings (SSSR count). The summed E-state index contributed by atoms with van der Waals surface area (Å²) in [4.78, 5) is 25.2. The maximum absolute atomic E-state index is 13.7. The van der Waals surface area contributed by atoms with Crippen LogP contribution in [0.1, 0.15) is 49.7 Å². The summed E-state index contributed by atoms with van der Waals surface area (Å²) < 4.78 is 13.7. The van der Waals surface area contributed by atoms with Crippen LogP contribution in [0.15, 0.2) is 42.5 Å². The van der Waals surface area contributed by atoms with Crippen LogP contribution in [0.3, 0.4) is 0 Å². The summed E-state index contributed by atoms with van der Waals surface area (Å²) in [6, 6.07) is 11.2. The van der Waals surface area contributed by atoms with Crippen molar-refractivity contribution in [1.82, 2.24) is 4.90 Å². The third kappa shape index (κ3) is 6.33. The number of carboxylic acids is 1. The second kappa shape index (κ2) is 11.0. The van der Waals surface area contributed by atoms with Crippen molar-refractivity contribution >= 4 is 23.4 Å². The number of rotatable bonds is 7. The summed E-state index contributed by atoms with van der Waals surface area (Å²) in [5.74, 6) is -0.514.